The van der Waals surface area contributed by atoms with Gasteiger partial charge in [0.1, 0.15) is 53.8 Å². The number of aryl methyl sites for hydroxylation is 1. The first-order valence-electron chi connectivity index (χ1n) is 38.0. The summed E-state index contributed by atoms with van der Waals surface area (Å²) in [5.41, 5.74) is 8.29. The Labute approximate surface area is 706 Å². The van der Waals surface area contributed by atoms with Crippen LogP contribution in [0.25, 0.3) is 44.6 Å². The average Bonchev–Trinajstić information content (AvgIpc) is 1.61. The fourth-order valence-electron chi connectivity index (χ4n) is 12.4. The van der Waals surface area contributed by atoms with Crippen molar-refractivity contribution in [2.24, 2.45) is 0 Å². The standard InChI is InChI=1S/C20H20FN3O2.C17H15N5.C17H15NO3.C15H15FN2O4S.C11H9N3S.C10H14N2S/c1-4-15-8-10-17(11-9-15)23-20(26)14(2)24(3)13-19(25)22-18-7-5-6-16(21)12-18;1-13-19-20-17(22(13)14-7-3-2-4-8-14)11-21-12-18-15-9-5-6-10-16(15)21;1-19-14-9-7-13(8-10-14)17-11-16(21-18-17)12-20-15-5-3-2-4-6-15;1-22-15(21)14-18-11(8-23-14)13(20)17(7-12(18)19)6-9-2-4-10(16)5-3-9;1-3-14(2)11-12-7-6-9(13-11)10-5-4-8-15-10;1-2-9-8-11-10(13-9)12-6-4-3-5-7-12/h1,5-12,14H,13H2,2-3H3,(H,22,25)(H,23,26);2-10,12H,11H2,1H3;2-11H,12H2,1H3;2-5,11,14H,6-8H2,1H3;1,4-8H,2H3;2,8H,1,3-7H2. The number of amides is 4. The van der Waals surface area contributed by atoms with Crippen LogP contribution in [-0.2, 0) is 48.4 Å². The van der Waals surface area contributed by atoms with Crippen molar-refractivity contribution in [1.82, 2.24) is 59.1 Å². The van der Waals surface area contributed by atoms with Crippen molar-refractivity contribution in [3.63, 3.8) is 0 Å². The average molecular weight is 1670 g/mol. The molecule has 120 heavy (non-hydrogen) atoms. The molecule has 3 atom stereocenters. The number of rotatable bonds is 21. The number of esters is 1. The second kappa shape index (κ2) is 43.5. The van der Waals surface area contributed by atoms with Crippen LogP contribution in [0.4, 0.5) is 31.2 Å². The molecule has 16 rings (SSSR count). The monoisotopic (exact) mass is 1670 g/mol. The molecule has 0 spiro atoms. The van der Waals surface area contributed by atoms with Gasteiger partial charge in [0, 0.05) is 90.0 Å². The van der Waals surface area contributed by atoms with Crippen molar-refractivity contribution >= 4 is 104 Å². The number of thiophene rings is 1. The van der Waals surface area contributed by atoms with Gasteiger partial charge < -0.3 is 48.6 Å². The van der Waals surface area contributed by atoms with E-state index in [0.717, 1.165) is 78.0 Å². The number of hydrogen-bond acceptors (Lipinski definition) is 22. The van der Waals surface area contributed by atoms with Gasteiger partial charge in [0.15, 0.2) is 22.1 Å². The van der Waals surface area contributed by atoms with Crippen LogP contribution in [0.3, 0.4) is 0 Å². The number of terminal acetylenes is 2. The molecule has 25 nitrogen and oxygen atoms in total. The first kappa shape index (κ1) is 87.2. The first-order chi connectivity index (χ1) is 58.3. The lowest BCUT2D eigenvalue weighted by Crippen LogP contribution is -2.60. The molecule has 3 fully saturated rings. The van der Waals surface area contributed by atoms with Crippen LogP contribution in [0.2, 0.25) is 0 Å². The minimum absolute atomic E-state index is 0.0128. The summed E-state index contributed by atoms with van der Waals surface area (Å²) in [7, 11) is 6.32. The number of aromatic nitrogens is 9. The van der Waals surface area contributed by atoms with Gasteiger partial charge >= 0.3 is 5.97 Å². The summed E-state index contributed by atoms with van der Waals surface area (Å²) in [6.07, 6.45) is 21.9. The molecular weight excluding hydrogens is 1580 g/mol. The third-order valence-electron chi connectivity index (χ3n) is 18.8. The molecule has 0 bridgehead atoms. The third kappa shape index (κ3) is 24.3. The third-order valence-corrected chi connectivity index (χ3v) is 22.0. The van der Waals surface area contributed by atoms with Crippen molar-refractivity contribution in [2.45, 2.75) is 70.3 Å². The van der Waals surface area contributed by atoms with Gasteiger partial charge in [0.25, 0.3) is 0 Å². The molecule has 6 aromatic heterocycles. The quantitative estimate of drug-likeness (QED) is 0.0384. The first-order valence-corrected chi connectivity index (χ1v) is 40.7. The van der Waals surface area contributed by atoms with Crippen molar-refractivity contribution in [3.8, 4) is 63.8 Å². The highest BCUT2D eigenvalue weighted by atomic mass is 32.2. The number of benzene rings is 7. The number of thioether (sulfide) groups is 1. The molecule has 13 aromatic rings. The molecule has 2 N–H and O–H groups in total. The molecule has 3 aliphatic heterocycles. The molecule has 3 aliphatic rings. The Kier molecular flexibility index (Phi) is 31.6. The van der Waals surface area contributed by atoms with Crippen molar-refractivity contribution in [2.75, 3.05) is 80.7 Å². The highest BCUT2D eigenvalue weighted by molar-refractivity contribution is 8.00. The van der Waals surface area contributed by atoms with Crippen molar-refractivity contribution in [3.05, 3.63) is 282 Å². The number of halogens is 2. The van der Waals surface area contributed by atoms with Gasteiger partial charge in [-0.15, -0.1) is 39.7 Å². The zero-order chi connectivity index (χ0) is 84.9. The molecule has 0 saturated carbocycles. The number of thiazole rings is 1. The number of piperidine rings is 1. The summed E-state index contributed by atoms with van der Waals surface area (Å²) in [6, 6.07) is 62.9. The van der Waals surface area contributed by atoms with Gasteiger partial charge in [-0.1, -0.05) is 114 Å². The SMILES string of the molecule is C#CN(C)c1nccc(-c2cccs2)n1.C#Cc1ccc(NC(=O)C(C)N(C)CC(=O)Nc2cccc(F)c2)cc1.C=Cc1cnc(N2CCCCC2)s1.COC(=O)C1SCC2C(=O)N(Cc3ccc(F)cc3)CC(=O)N21.COc1ccc(-c2cc(COc3ccccc3)on2)cc1.Cc1nnc(Cn2cnc3ccccc32)n1-c1ccccc1. The zero-order valence-corrected chi connectivity index (χ0v) is 69.3. The summed E-state index contributed by atoms with van der Waals surface area (Å²) in [4.78, 5) is 88.9. The van der Waals surface area contributed by atoms with Gasteiger partial charge in [-0.25, -0.2) is 33.5 Å². The molecule has 7 aromatic carbocycles. The van der Waals surface area contributed by atoms with Crippen LogP contribution < -0.4 is 29.9 Å². The molecule has 30 heteroatoms. The van der Waals surface area contributed by atoms with Crippen LogP contribution in [0.5, 0.6) is 11.5 Å². The Balaban J connectivity index is 0.000000143. The number of ether oxygens (including phenoxy) is 3. The second-order valence-corrected chi connectivity index (χ2v) is 30.2. The van der Waals surface area contributed by atoms with E-state index in [1.165, 1.54) is 96.2 Å². The number of likely N-dealkylation sites (N-methyl/N-ethyl adjacent to an activating group) is 1. The van der Waals surface area contributed by atoms with E-state index in [9.17, 15) is 32.8 Å². The van der Waals surface area contributed by atoms with Crippen LogP contribution >= 0.6 is 34.4 Å². The lowest BCUT2D eigenvalue weighted by Gasteiger charge is -2.37. The molecule has 3 unspecified atom stereocenters. The van der Waals surface area contributed by atoms with Gasteiger partial charge in [-0.3, -0.25) is 33.5 Å². The maximum absolute atomic E-state index is 13.1. The fraction of sp³-hybridized carbons (Fsp3) is 0.222. The number of carbonyl (C=O) groups excluding carboxylic acids is 5. The Hall–Kier alpha value is -13.7. The minimum atomic E-state index is -0.755. The van der Waals surface area contributed by atoms with E-state index < -0.39 is 29.2 Å². The summed E-state index contributed by atoms with van der Waals surface area (Å²) in [5, 5.41) is 20.4. The molecule has 9 heterocycles. The predicted octanol–water partition coefficient (Wildman–Crippen LogP) is 15.2. The van der Waals surface area contributed by atoms with Gasteiger partial charge in [-0.2, -0.15) is 0 Å². The Morgan fingerprint density at radius 1 is 0.758 bits per heavy atom. The predicted molar refractivity (Wildman–Crippen MR) is 466 cm³/mol. The normalized spacial score (nSPS) is 14.0. The van der Waals surface area contributed by atoms with Crippen LogP contribution in [-0.4, -0.2) is 166 Å². The number of carbonyl (C=O) groups is 5. The zero-order valence-electron chi connectivity index (χ0n) is 66.8. The Bertz CT molecular complexity index is 5620. The molecule has 4 amide bonds. The van der Waals surface area contributed by atoms with E-state index in [4.69, 9.17) is 26.8 Å². The number of fused-ring (bicyclic) bond motifs is 2. The number of anilines is 4. The second-order valence-electron chi connectivity index (χ2n) is 27.1. The summed E-state index contributed by atoms with van der Waals surface area (Å²) < 4.78 is 51.0. The fourth-order valence-corrected chi connectivity index (χ4v) is 15.2. The van der Waals surface area contributed by atoms with Gasteiger partial charge in [-0.05, 0) is 178 Å². The smallest absolute Gasteiger partial charge is 0.339 e. The number of imidazole rings is 1. The maximum atomic E-state index is 13.1. The van der Waals surface area contributed by atoms with Crippen LogP contribution in [0.15, 0.2) is 241 Å². The summed E-state index contributed by atoms with van der Waals surface area (Å²) >= 11 is 4.61. The largest absolute Gasteiger partial charge is 0.497 e. The van der Waals surface area contributed by atoms with Crippen LogP contribution in [0.1, 0.15) is 59.6 Å². The minimum Gasteiger partial charge on any atom is -0.497 e. The van der Waals surface area contributed by atoms with E-state index in [1.807, 2.05) is 146 Å². The van der Waals surface area contributed by atoms with Crippen LogP contribution in [0, 0.1) is 43.4 Å². The van der Waals surface area contributed by atoms with E-state index in [2.05, 4.69) is 101 Å². The molecule has 614 valence electrons. The number of nitrogens with zero attached hydrogens (tertiary/aromatic N) is 14. The van der Waals surface area contributed by atoms with Gasteiger partial charge in [0.05, 0.1) is 61.3 Å². The molecule has 0 radical (unpaired) electrons. The maximum Gasteiger partial charge on any atom is 0.339 e. The number of nitrogens with one attached hydrogen (secondary N) is 2. The van der Waals surface area contributed by atoms with E-state index in [1.54, 1.807) is 109 Å². The topological polar surface area (TPSA) is 267 Å². The van der Waals surface area contributed by atoms with E-state index in [0.29, 0.717) is 42.0 Å². The Morgan fingerprint density at radius 3 is 2.17 bits per heavy atom. The molecular formula is C90H88F2N16O9S3. The highest BCUT2D eigenvalue weighted by Crippen LogP contribution is 2.35. The van der Waals surface area contributed by atoms with E-state index in [-0.39, 0.29) is 49.1 Å². The highest BCUT2D eigenvalue weighted by Gasteiger charge is 2.50. The van der Waals surface area contributed by atoms with E-state index >= 15 is 0 Å². The number of methoxy groups -OCH3 is 2. The molecule has 0 aliphatic carbocycles. The van der Waals surface area contributed by atoms with Crippen molar-refractivity contribution < 1.29 is 51.5 Å². The lowest BCUT2D eigenvalue weighted by atomic mass is 10.1. The summed E-state index contributed by atoms with van der Waals surface area (Å²) in [6.45, 7) is 10.9. The summed E-state index contributed by atoms with van der Waals surface area (Å²) in [5.74, 6) is 5.12. The number of piperazine rings is 1. The number of para-hydroxylation sites is 4. The lowest BCUT2D eigenvalue weighted by molar-refractivity contribution is -0.160. The van der Waals surface area contributed by atoms with Gasteiger partial charge in [0.2, 0.25) is 29.6 Å². The van der Waals surface area contributed by atoms with Crippen molar-refractivity contribution in [1.29, 1.82) is 0 Å². The Morgan fingerprint density at radius 2 is 1.49 bits per heavy atom. The molecule has 3 saturated heterocycles. The number of hydrogen-bond donors (Lipinski definition) is 2.